The fourth-order valence-corrected chi connectivity index (χ4v) is 5.52. The van der Waals surface area contributed by atoms with Gasteiger partial charge in [-0.3, -0.25) is 9.69 Å². The third-order valence-corrected chi connectivity index (χ3v) is 8.51. The fraction of sp³-hybridized carbons (Fsp3) is 0.394. The van der Waals surface area contributed by atoms with Crippen LogP contribution in [-0.2, 0) is 16.1 Å². The van der Waals surface area contributed by atoms with Gasteiger partial charge in [-0.15, -0.1) is 0 Å². The van der Waals surface area contributed by atoms with Gasteiger partial charge in [-0.2, -0.15) is 5.26 Å². The second kappa shape index (κ2) is 14.7. The van der Waals surface area contributed by atoms with Gasteiger partial charge in [-0.05, 0) is 68.1 Å². The Labute approximate surface area is 270 Å². The zero-order valence-electron chi connectivity index (χ0n) is 25.0. The molecule has 1 aliphatic carbocycles. The number of nitrogens with one attached hydrogen (secondary N) is 2. The van der Waals surface area contributed by atoms with E-state index in [9.17, 15) is 14.0 Å². The number of amides is 1. The Morgan fingerprint density at radius 1 is 1.13 bits per heavy atom. The first-order valence-corrected chi connectivity index (χ1v) is 15.6. The van der Waals surface area contributed by atoms with Crippen LogP contribution in [0.15, 0.2) is 59.1 Å². The van der Waals surface area contributed by atoms with Crippen LogP contribution in [0.5, 0.6) is 11.6 Å². The molecule has 0 spiro atoms. The van der Waals surface area contributed by atoms with Crippen LogP contribution >= 0.6 is 15.9 Å². The molecular weight excluding hydrogens is 645 g/mol. The summed E-state index contributed by atoms with van der Waals surface area (Å²) in [4.78, 5) is 31.7. The summed E-state index contributed by atoms with van der Waals surface area (Å²) in [5.41, 5.74) is 2.11. The van der Waals surface area contributed by atoms with E-state index in [-0.39, 0.29) is 36.3 Å². The third-order valence-electron chi connectivity index (χ3n) is 8.02. The molecule has 0 radical (unpaired) electrons. The highest BCUT2D eigenvalue weighted by molar-refractivity contribution is 9.10. The van der Waals surface area contributed by atoms with E-state index >= 15 is 0 Å². The Kier molecular flexibility index (Phi) is 10.5. The highest BCUT2D eigenvalue weighted by Gasteiger charge is 2.42. The van der Waals surface area contributed by atoms with Crippen molar-refractivity contribution in [1.29, 1.82) is 5.26 Å². The lowest BCUT2D eigenvalue weighted by Gasteiger charge is -2.31. The minimum Gasteiger partial charge on any atom is -0.484 e. The number of carbonyl (C=O) groups is 2. The topological polar surface area (TPSA) is 126 Å². The van der Waals surface area contributed by atoms with E-state index in [1.54, 1.807) is 42.5 Å². The highest BCUT2D eigenvalue weighted by atomic mass is 79.9. The van der Waals surface area contributed by atoms with Gasteiger partial charge in [0.15, 0.2) is 11.6 Å². The van der Waals surface area contributed by atoms with E-state index in [0.717, 1.165) is 25.7 Å². The van der Waals surface area contributed by atoms with Crippen LogP contribution < -0.4 is 20.1 Å². The third kappa shape index (κ3) is 8.93. The van der Waals surface area contributed by atoms with Gasteiger partial charge in [-0.1, -0.05) is 22.0 Å². The smallest absolute Gasteiger partial charge is 0.337 e. The van der Waals surface area contributed by atoms with E-state index in [2.05, 4.69) is 42.5 Å². The Hall–Kier alpha value is -4.21. The lowest BCUT2D eigenvalue weighted by molar-refractivity contribution is -0.117. The molecule has 2 heterocycles. The molecule has 2 N–H and O–H groups in total. The van der Waals surface area contributed by atoms with Crippen molar-refractivity contribution in [3.63, 3.8) is 0 Å². The molecule has 1 amide bonds. The summed E-state index contributed by atoms with van der Waals surface area (Å²) < 4.78 is 31.3. The number of ether oxygens (including phenoxy) is 3. The van der Waals surface area contributed by atoms with Gasteiger partial charge >= 0.3 is 5.97 Å². The fourth-order valence-electron chi connectivity index (χ4n) is 5.18. The second-order valence-electron chi connectivity index (χ2n) is 11.4. The van der Waals surface area contributed by atoms with Gasteiger partial charge in [0.05, 0.1) is 42.4 Å². The number of nitriles is 1. The van der Waals surface area contributed by atoms with Crippen molar-refractivity contribution >= 4 is 39.2 Å². The predicted octanol–water partition coefficient (Wildman–Crippen LogP) is 5.94. The number of benzene rings is 2. The number of halogens is 2. The second-order valence-corrected chi connectivity index (χ2v) is 12.3. The molecule has 2 fully saturated rings. The summed E-state index contributed by atoms with van der Waals surface area (Å²) in [6.07, 6.45) is 3.79. The zero-order chi connectivity index (χ0) is 31.8. The SMILES string of the molecule is COC(=O)c1ccc(NC(=O)CN2CCC(Oc3cccc(COc4ccc(Br)cc4F)n3)CC2)c(NCC2(CC#N)CC2)c1. The van der Waals surface area contributed by atoms with Crippen LogP contribution in [0.2, 0.25) is 0 Å². The minimum absolute atomic E-state index is 0.0540. The quantitative estimate of drug-likeness (QED) is 0.211. The molecule has 0 atom stereocenters. The number of hydrogen-bond acceptors (Lipinski definition) is 9. The van der Waals surface area contributed by atoms with Gasteiger partial charge in [0.25, 0.3) is 0 Å². The summed E-state index contributed by atoms with van der Waals surface area (Å²) in [7, 11) is 1.32. The molecule has 3 aromatic rings. The van der Waals surface area contributed by atoms with Crippen LogP contribution in [0.1, 0.15) is 48.2 Å². The van der Waals surface area contributed by atoms with Gasteiger partial charge in [0.1, 0.15) is 12.7 Å². The maximum atomic E-state index is 14.1. The number of piperidine rings is 1. The summed E-state index contributed by atoms with van der Waals surface area (Å²) >= 11 is 3.23. The largest absolute Gasteiger partial charge is 0.484 e. The van der Waals surface area contributed by atoms with E-state index in [1.165, 1.54) is 13.2 Å². The minimum atomic E-state index is -0.467. The molecule has 1 saturated carbocycles. The van der Waals surface area contributed by atoms with Crippen molar-refractivity contribution < 1.29 is 28.2 Å². The molecule has 5 rings (SSSR count). The molecule has 1 saturated heterocycles. The summed E-state index contributed by atoms with van der Waals surface area (Å²) in [5, 5.41) is 15.5. The lowest BCUT2D eigenvalue weighted by Crippen LogP contribution is -2.42. The van der Waals surface area contributed by atoms with Crippen molar-refractivity contribution in [2.45, 2.75) is 44.8 Å². The van der Waals surface area contributed by atoms with Crippen molar-refractivity contribution in [2.75, 3.05) is 43.9 Å². The van der Waals surface area contributed by atoms with Crippen LogP contribution in [0.4, 0.5) is 15.8 Å². The lowest BCUT2D eigenvalue weighted by atomic mass is 10.0. The molecule has 2 aliphatic rings. The molecule has 12 heteroatoms. The number of hydrogen-bond donors (Lipinski definition) is 2. The number of likely N-dealkylation sites (tertiary alicyclic amines) is 1. The molecule has 0 bridgehead atoms. The van der Waals surface area contributed by atoms with Crippen molar-refractivity contribution in [2.24, 2.45) is 5.41 Å². The number of methoxy groups -OCH3 is 1. The maximum absolute atomic E-state index is 14.1. The molecule has 1 aliphatic heterocycles. The summed E-state index contributed by atoms with van der Waals surface area (Å²) in [6.45, 7) is 2.24. The molecular formula is C33H35BrFN5O5. The van der Waals surface area contributed by atoms with Gasteiger partial charge in [-0.25, -0.2) is 14.2 Å². The van der Waals surface area contributed by atoms with Crippen molar-refractivity contribution in [1.82, 2.24) is 9.88 Å². The van der Waals surface area contributed by atoms with E-state index in [0.29, 0.717) is 59.0 Å². The molecule has 0 unspecified atom stereocenters. The first-order chi connectivity index (χ1) is 21.8. The maximum Gasteiger partial charge on any atom is 0.337 e. The Morgan fingerprint density at radius 2 is 1.93 bits per heavy atom. The summed E-state index contributed by atoms with van der Waals surface area (Å²) in [5.74, 6) is -0.467. The van der Waals surface area contributed by atoms with Crippen LogP contribution in [0.3, 0.4) is 0 Å². The molecule has 2 aromatic carbocycles. The van der Waals surface area contributed by atoms with E-state index < -0.39 is 11.8 Å². The van der Waals surface area contributed by atoms with Gasteiger partial charge < -0.3 is 24.8 Å². The Balaban J connectivity index is 1.11. The normalized spacial score (nSPS) is 15.9. The van der Waals surface area contributed by atoms with Crippen molar-refractivity contribution in [3.05, 3.63) is 76.1 Å². The van der Waals surface area contributed by atoms with Crippen molar-refractivity contribution in [3.8, 4) is 17.7 Å². The number of rotatable bonds is 13. The molecule has 10 nitrogen and oxygen atoms in total. The number of anilines is 2. The Bertz CT molecular complexity index is 1570. The monoisotopic (exact) mass is 679 g/mol. The first kappa shape index (κ1) is 32.2. The summed E-state index contributed by atoms with van der Waals surface area (Å²) in [6, 6.07) is 17.3. The van der Waals surface area contributed by atoms with Crippen LogP contribution in [-0.4, -0.2) is 61.2 Å². The highest BCUT2D eigenvalue weighted by Crippen LogP contribution is 2.48. The number of aromatic nitrogens is 1. The van der Waals surface area contributed by atoms with E-state index in [4.69, 9.17) is 19.5 Å². The average Bonchev–Trinajstić information content (AvgIpc) is 3.80. The number of nitrogens with zero attached hydrogens (tertiary/aromatic N) is 3. The van der Waals surface area contributed by atoms with Gasteiger partial charge in [0, 0.05) is 42.0 Å². The molecule has 45 heavy (non-hydrogen) atoms. The average molecular weight is 681 g/mol. The van der Waals surface area contributed by atoms with Gasteiger partial charge in [0.2, 0.25) is 11.8 Å². The predicted molar refractivity (Wildman–Crippen MR) is 170 cm³/mol. The molecule has 236 valence electrons. The van der Waals surface area contributed by atoms with Crippen LogP contribution in [0, 0.1) is 22.6 Å². The van der Waals surface area contributed by atoms with Crippen LogP contribution in [0.25, 0.3) is 0 Å². The Morgan fingerprint density at radius 3 is 2.64 bits per heavy atom. The number of esters is 1. The standard InChI is InChI=1S/C33H35BrFN5O5/c1-43-32(42)22-5-7-27(28(17-22)37-21-33(11-12-33)13-14-36)39-30(41)19-40-15-9-25(10-16-40)45-31-4-2-3-24(38-31)20-44-29-8-6-23(34)18-26(29)35/h2-8,17-18,25,37H,9-13,15-16,19-21H2,1H3,(H,39,41). The number of carbonyl (C=O) groups excluding carboxylic acids is 2. The molecule has 1 aromatic heterocycles. The van der Waals surface area contributed by atoms with E-state index in [1.807, 2.05) is 6.07 Å². The number of pyridine rings is 1. The first-order valence-electron chi connectivity index (χ1n) is 14.8. The zero-order valence-corrected chi connectivity index (χ0v) is 26.6.